The number of hydrogen-bond donors (Lipinski definition) is 1. The number of carboxylic acids is 1. The van der Waals surface area contributed by atoms with Crippen LogP contribution >= 0.6 is 0 Å². The first-order valence-corrected chi connectivity index (χ1v) is 5.55. The maximum absolute atomic E-state index is 12.6. The number of hydrogen-bond acceptors (Lipinski definition) is 1. The molecule has 5 heteroatoms. The predicted octanol–water partition coefficient (Wildman–Crippen LogP) is 3.53. The van der Waals surface area contributed by atoms with E-state index in [0.29, 0.717) is 5.56 Å². The summed E-state index contributed by atoms with van der Waals surface area (Å²) in [4.78, 5) is 11.0. The van der Waals surface area contributed by atoms with Gasteiger partial charge in [0.15, 0.2) is 0 Å². The maximum atomic E-state index is 12.6. The average molecular weight is 258 g/mol. The van der Waals surface area contributed by atoms with Gasteiger partial charge >= 0.3 is 12.1 Å². The van der Waals surface area contributed by atoms with Gasteiger partial charge in [0, 0.05) is 5.92 Å². The minimum Gasteiger partial charge on any atom is -0.481 e. The quantitative estimate of drug-likeness (QED) is 0.881. The Balaban J connectivity index is 2.34. The maximum Gasteiger partial charge on any atom is 0.416 e. The van der Waals surface area contributed by atoms with Gasteiger partial charge in [0.2, 0.25) is 0 Å². The summed E-state index contributed by atoms with van der Waals surface area (Å²) in [7, 11) is 0. The monoisotopic (exact) mass is 258 g/mol. The lowest BCUT2D eigenvalue weighted by atomic mass is 10.0. The van der Waals surface area contributed by atoms with Crippen molar-refractivity contribution in [2.45, 2.75) is 25.9 Å². The summed E-state index contributed by atoms with van der Waals surface area (Å²) in [6.07, 6.45) is -4.40. The van der Waals surface area contributed by atoms with Gasteiger partial charge in [-0.25, -0.2) is 0 Å². The molecule has 0 saturated heterocycles. The van der Waals surface area contributed by atoms with Crippen molar-refractivity contribution in [2.24, 2.45) is 11.3 Å². The molecule has 1 aliphatic carbocycles. The molecule has 1 aromatic rings. The number of carbonyl (C=O) groups is 1. The predicted molar refractivity (Wildman–Crippen MR) is 59.1 cm³/mol. The summed E-state index contributed by atoms with van der Waals surface area (Å²) < 4.78 is 37.8. The Bertz CT molecular complexity index is 491. The molecule has 18 heavy (non-hydrogen) atoms. The van der Waals surface area contributed by atoms with Crippen LogP contribution in [0, 0.1) is 11.3 Å². The molecule has 98 valence electrons. The summed E-state index contributed by atoms with van der Waals surface area (Å²) in [5, 5.41) is 9.03. The van der Waals surface area contributed by atoms with Gasteiger partial charge in [0.1, 0.15) is 0 Å². The van der Waals surface area contributed by atoms with Gasteiger partial charge in [0.25, 0.3) is 0 Å². The van der Waals surface area contributed by atoms with E-state index in [1.165, 1.54) is 6.07 Å². The molecule has 0 spiro atoms. The lowest BCUT2D eigenvalue weighted by Gasteiger charge is -2.09. The van der Waals surface area contributed by atoms with Crippen LogP contribution < -0.4 is 0 Å². The second-order valence-corrected chi connectivity index (χ2v) is 5.24. The van der Waals surface area contributed by atoms with E-state index in [1.807, 2.05) is 0 Å². The van der Waals surface area contributed by atoms with E-state index in [-0.39, 0.29) is 5.92 Å². The van der Waals surface area contributed by atoms with Gasteiger partial charge < -0.3 is 5.11 Å². The number of aliphatic carboxylic acids is 1. The Labute approximate surface area is 102 Å². The van der Waals surface area contributed by atoms with Crippen LogP contribution in [0.4, 0.5) is 13.2 Å². The highest BCUT2D eigenvalue weighted by Gasteiger charge is 2.62. The van der Waals surface area contributed by atoms with Crippen molar-refractivity contribution in [1.82, 2.24) is 0 Å². The van der Waals surface area contributed by atoms with Crippen LogP contribution in [-0.4, -0.2) is 11.1 Å². The Hall–Kier alpha value is -1.52. The molecule has 0 aliphatic heterocycles. The van der Waals surface area contributed by atoms with E-state index in [0.717, 1.165) is 12.1 Å². The Morgan fingerprint density at radius 1 is 1.33 bits per heavy atom. The second kappa shape index (κ2) is 3.73. The molecule has 1 aliphatic rings. The molecule has 2 nitrogen and oxygen atoms in total. The second-order valence-electron chi connectivity index (χ2n) is 5.24. The van der Waals surface area contributed by atoms with Crippen molar-refractivity contribution in [2.75, 3.05) is 0 Å². The van der Waals surface area contributed by atoms with E-state index >= 15 is 0 Å². The molecular weight excluding hydrogens is 245 g/mol. The molecule has 2 unspecified atom stereocenters. The first-order valence-electron chi connectivity index (χ1n) is 5.55. The molecule has 0 radical (unpaired) electrons. The van der Waals surface area contributed by atoms with Crippen LogP contribution in [0.25, 0.3) is 0 Å². The normalized spacial score (nSPS) is 25.8. The zero-order chi connectivity index (χ0) is 13.7. The number of alkyl halides is 3. The van der Waals surface area contributed by atoms with E-state index < -0.39 is 29.0 Å². The van der Waals surface area contributed by atoms with Crippen molar-refractivity contribution in [3.05, 3.63) is 35.4 Å². The van der Waals surface area contributed by atoms with Crippen LogP contribution in [0.2, 0.25) is 0 Å². The zero-order valence-electron chi connectivity index (χ0n) is 9.95. The minimum absolute atomic E-state index is 0.350. The van der Waals surface area contributed by atoms with Crippen molar-refractivity contribution in [3.8, 4) is 0 Å². The van der Waals surface area contributed by atoms with Crippen molar-refractivity contribution in [3.63, 3.8) is 0 Å². The fraction of sp³-hybridized carbons (Fsp3) is 0.462. The molecule has 0 aromatic heterocycles. The van der Waals surface area contributed by atoms with Gasteiger partial charge in [-0.15, -0.1) is 0 Å². The minimum atomic E-state index is -4.40. The van der Waals surface area contributed by atoms with Crippen molar-refractivity contribution in [1.29, 1.82) is 0 Å². The summed E-state index contributed by atoms with van der Waals surface area (Å²) in [5.41, 5.74) is -0.773. The lowest BCUT2D eigenvalue weighted by Crippen LogP contribution is -2.05. The Morgan fingerprint density at radius 3 is 2.39 bits per heavy atom. The average Bonchev–Trinajstić information content (AvgIpc) is 2.81. The van der Waals surface area contributed by atoms with Crippen molar-refractivity contribution >= 4 is 5.97 Å². The lowest BCUT2D eigenvalue weighted by molar-refractivity contribution is -0.139. The molecule has 0 heterocycles. The van der Waals surface area contributed by atoms with Gasteiger partial charge in [-0.2, -0.15) is 13.2 Å². The molecular formula is C13H13F3O2. The van der Waals surface area contributed by atoms with Gasteiger partial charge in [0.05, 0.1) is 11.5 Å². The van der Waals surface area contributed by atoms with Crippen LogP contribution in [0.1, 0.15) is 30.9 Å². The number of carboxylic acid groups (broad SMARTS) is 1. The van der Waals surface area contributed by atoms with Crippen LogP contribution in [0.15, 0.2) is 24.3 Å². The van der Waals surface area contributed by atoms with E-state index in [2.05, 4.69) is 0 Å². The summed E-state index contributed by atoms with van der Waals surface area (Å²) in [5.74, 6) is -1.92. The SMILES string of the molecule is CC1(C)C(C(=O)O)C1c1cccc(C(F)(F)F)c1. The van der Waals surface area contributed by atoms with Crippen molar-refractivity contribution < 1.29 is 23.1 Å². The summed E-state index contributed by atoms with van der Waals surface area (Å²) >= 11 is 0. The number of rotatable bonds is 2. The van der Waals surface area contributed by atoms with Crippen LogP contribution in [-0.2, 0) is 11.0 Å². The van der Waals surface area contributed by atoms with E-state index in [9.17, 15) is 18.0 Å². The topological polar surface area (TPSA) is 37.3 Å². The molecule has 1 saturated carbocycles. The van der Waals surface area contributed by atoms with E-state index in [1.54, 1.807) is 19.9 Å². The highest BCUT2D eigenvalue weighted by Crippen LogP contribution is 2.64. The summed E-state index contributed by atoms with van der Waals surface area (Å²) in [6.45, 7) is 3.52. The van der Waals surface area contributed by atoms with Crippen LogP contribution in [0.5, 0.6) is 0 Å². The molecule has 1 fully saturated rings. The fourth-order valence-electron chi connectivity index (χ4n) is 2.63. The molecule has 2 atom stereocenters. The summed E-state index contributed by atoms with van der Waals surface area (Å²) in [6, 6.07) is 4.93. The van der Waals surface area contributed by atoms with E-state index in [4.69, 9.17) is 5.11 Å². The first-order chi connectivity index (χ1) is 8.15. The third kappa shape index (κ3) is 1.98. The zero-order valence-corrected chi connectivity index (χ0v) is 9.95. The molecule has 1 N–H and O–H groups in total. The highest BCUT2D eigenvalue weighted by molar-refractivity contribution is 5.77. The largest absolute Gasteiger partial charge is 0.481 e. The van der Waals surface area contributed by atoms with Gasteiger partial charge in [-0.3, -0.25) is 4.79 Å². The highest BCUT2D eigenvalue weighted by atomic mass is 19.4. The molecule has 1 aromatic carbocycles. The fourth-order valence-corrected chi connectivity index (χ4v) is 2.63. The Kier molecular flexibility index (Phi) is 2.68. The number of halogens is 3. The van der Waals surface area contributed by atoms with Gasteiger partial charge in [-0.05, 0) is 17.0 Å². The van der Waals surface area contributed by atoms with Gasteiger partial charge in [-0.1, -0.05) is 32.0 Å². The molecule has 0 amide bonds. The molecule has 2 rings (SSSR count). The number of benzene rings is 1. The smallest absolute Gasteiger partial charge is 0.416 e. The Morgan fingerprint density at radius 2 is 1.94 bits per heavy atom. The standard InChI is InChI=1S/C13H13F3O2/c1-12(2)9(10(12)11(17)18)7-4-3-5-8(6-7)13(14,15)16/h3-6,9-10H,1-2H3,(H,17,18). The third-order valence-electron chi connectivity index (χ3n) is 3.67. The third-order valence-corrected chi connectivity index (χ3v) is 3.67. The first kappa shape index (κ1) is 12.9. The van der Waals surface area contributed by atoms with Crippen LogP contribution in [0.3, 0.4) is 0 Å². The molecule has 0 bridgehead atoms.